The number of halogens is 1. The molecule has 0 aliphatic rings. The van der Waals surface area contributed by atoms with Gasteiger partial charge < -0.3 is 4.98 Å². The van der Waals surface area contributed by atoms with Crippen LogP contribution in [0, 0.1) is 5.82 Å². The first-order valence-corrected chi connectivity index (χ1v) is 7.66. The zero-order valence-electron chi connectivity index (χ0n) is 13.2. The van der Waals surface area contributed by atoms with Gasteiger partial charge in [0.2, 0.25) is 5.82 Å². The summed E-state index contributed by atoms with van der Waals surface area (Å²) >= 11 is 0. The van der Waals surface area contributed by atoms with Crippen molar-refractivity contribution in [1.29, 1.82) is 0 Å². The van der Waals surface area contributed by atoms with Crippen LogP contribution >= 0.6 is 0 Å². The molecule has 2 aromatic carbocycles. The Kier molecular flexibility index (Phi) is 3.57. The van der Waals surface area contributed by atoms with Crippen LogP contribution in [0.25, 0.3) is 22.3 Å². The van der Waals surface area contributed by atoms with Crippen molar-refractivity contribution in [2.75, 3.05) is 0 Å². The number of rotatable bonds is 3. The number of para-hydroxylation sites is 1. The molecular formula is C17H13FN6O. The smallest absolute Gasteiger partial charge is 0.258 e. The standard InChI is InChI=1S/C17H13FN6O/c1-10(15-19-14-8-3-2-7-13(14)17(25)20-15)24-22-16(21-23-24)11-5-4-6-12(18)9-11/h2-10H,1H3,(H,19,20,25). The Hall–Kier alpha value is -3.42. The molecule has 0 saturated carbocycles. The molecule has 0 saturated heterocycles. The average Bonchev–Trinajstić information content (AvgIpc) is 3.11. The van der Waals surface area contributed by atoms with Crippen LogP contribution in [-0.4, -0.2) is 30.2 Å². The number of benzene rings is 2. The molecule has 8 heteroatoms. The van der Waals surface area contributed by atoms with E-state index in [0.29, 0.717) is 28.1 Å². The van der Waals surface area contributed by atoms with Crippen molar-refractivity contribution in [2.24, 2.45) is 0 Å². The Morgan fingerprint density at radius 1 is 1.16 bits per heavy atom. The van der Waals surface area contributed by atoms with E-state index in [2.05, 4.69) is 25.4 Å². The molecule has 0 fully saturated rings. The van der Waals surface area contributed by atoms with Gasteiger partial charge in [-0.05, 0) is 36.4 Å². The minimum atomic E-state index is -0.438. The summed E-state index contributed by atoms with van der Waals surface area (Å²) in [6.07, 6.45) is 0. The highest BCUT2D eigenvalue weighted by Crippen LogP contribution is 2.17. The van der Waals surface area contributed by atoms with Crippen LogP contribution in [0.2, 0.25) is 0 Å². The summed E-state index contributed by atoms with van der Waals surface area (Å²) in [6, 6.07) is 12.6. The van der Waals surface area contributed by atoms with Crippen LogP contribution in [-0.2, 0) is 0 Å². The van der Waals surface area contributed by atoms with Crippen molar-refractivity contribution >= 4 is 10.9 Å². The molecule has 0 radical (unpaired) electrons. The number of aromatic nitrogens is 6. The largest absolute Gasteiger partial charge is 0.308 e. The Bertz CT molecular complexity index is 1120. The van der Waals surface area contributed by atoms with Gasteiger partial charge in [-0.25, -0.2) is 9.37 Å². The summed E-state index contributed by atoms with van der Waals surface area (Å²) in [5, 5.41) is 12.7. The number of fused-ring (bicyclic) bond motifs is 1. The van der Waals surface area contributed by atoms with Crippen molar-refractivity contribution in [2.45, 2.75) is 13.0 Å². The van der Waals surface area contributed by atoms with Crippen molar-refractivity contribution < 1.29 is 4.39 Å². The number of hydrogen-bond acceptors (Lipinski definition) is 5. The Balaban J connectivity index is 1.72. The summed E-state index contributed by atoms with van der Waals surface area (Å²) < 4.78 is 13.3. The number of H-pyrrole nitrogens is 1. The normalized spacial score (nSPS) is 12.4. The quantitative estimate of drug-likeness (QED) is 0.620. The monoisotopic (exact) mass is 336 g/mol. The molecule has 1 N–H and O–H groups in total. The summed E-state index contributed by atoms with van der Waals surface area (Å²) in [5.74, 6) is 0.351. The molecule has 1 atom stereocenters. The van der Waals surface area contributed by atoms with Crippen LogP contribution in [0.3, 0.4) is 0 Å². The van der Waals surface area contributed by atoms with Crippen molar-refractivity contribution in [3.8, 4) is 11.4 Å². The Labute approximate surface area is 141 Å². The third kappa shape index (κ3) is 2.78. The van der Waals surface area contributed by atoms with Gasteiger partial charge in [-0.3, -0.25) is 4.79 Å². The third-order valence-electron chi connectivity index (χ3n) is 3.88. The topological polar surface area (TPSA) is 89.4 Å². The van der Waals surface area contributed by atoms with Gasteiger partial charge in [0.25, 0.3) is 5.56 Å². The summed E-state index contributed by atoms with van der Waals surface area (Å²) in [7, 11) is 0. The molecule has 7 nitrogen and oxygen atoms in total. The highest BCUT2D eigenvalue weighted by atomic mass is 19.1. The second-order valence-corrected chi connectivity index (χ2v) is 5.59. The Morgan fingerprint density at radius 3 is 2.84 bits per heavy atom. The van der Waals surface area contributed by atoms with Gasteiger partial charge in [-0.1, -0.05) is 24.3 Å². The number of nitrogens with zero attached hydrogens (tertiary/aromatic N) is 5. The van der Waals surface area contributed by atoms with E-state index < -0.39 is 6.04 Å². The molecule has 2 heterocycles. The molecule has 0 amide bonds. The van der Waals surface area contributed by atoms with Gasteiger partial charge in [-0.15, -0.1) is 10.2 Å². The molecule has 0 aliphatic carbocycles. The lowest BCUT2D eigenvalue weighted by Crippen LogP contribution is -2.19. The van der Waals surface area contributed by atoms with Gasteiger partial charge in [0.05, 0.1) is 10.9 Å². The summed E-state index contributed by atoms with van der Waals surface area (Å²) in [4.78, 5) is 20.8. The van der Waals surface area contributed by atoms with Crippen LogP contribution in [0.5, 0.6) is 0 Å². The first-order valence-electron chi connectivity index (χ1n) is 7.66. The maximum atomic E-state index is 13.3. The lowest BCUT2D eigenvalue weighted by Gasteiger charge is -2.09. The van der Waals surface area contributed by atoms with Crippen molar-refractivity contribution in [3.63, 3.8) is 0 Å². The number of aromatic amines is 1. The lowest BCUT2D eigenvalue weighted by atomic mass is 10.2. The molecule has 2 aromatic heterocycles. The first kappa shape index (κ1) is 15.1. The van der Waals surface area contributed by atoms with Crippen LogP contribution < -0.4 is 5.56 Å². The zero-order chi connectivity index (χ0) is 17.4. The highest BCUT2D eigenvalue weighted by molar-refractivity contribution is 5.77. The fourth-order valence-corrected chi connectivity index (χ4v) is 2.54. The zero-order valence-corrected chi connectivity index (χ0v) is 13.2. The van der Waals surface area contributed by atoms with E-state index in [-0.39, 0.29) is 11.4 Å². The Morgan fingerprint density at radius 2 is 2.00 bits per heavy atom. The molecule has 1 unspecified atom stereocenters. The number of hydrogen-bond donors (Lipinski definition) is 1. The maximum Gasteiger partial charge on any atom is 0.258 e. The molecule has 124 valence electrons. The fourth-order valence-electron chi connectivity index (χ4n) is 2.54. The predicted molar refractivity (Wildman–Crippen MR) is 89.4 cm³/mol. The van der Waals surface area contributed by atoms with E-state index in [4.69, 9.17) is 0 Å². The van der Waals surface area contributed by atoms with E-state index >= 15 is 0 Å². The molecule has 4 rings (SSSR count). The second-order valence-electron chi connectivity index (χ2n) is 5.59. The van der Waals surface area contributed by atoms with Crippen molar-refractivity contribution in [1.82, 2.24) is 30.2 Å². The minimum Gasteiger partial charge on any atom is -0.308 e. The van der Waals surface area contributed by atoms with E-state index in [9.17, 15) is 9.18 Å². The molecule has 0 bridgehead atoms. The number of nitrogens with one attached hydrogen (secondary N) is 1. The van der Waals surface area contributed by atoms with E-state index in [1.165, 1.54) is 16.9 Å². The molecule has 0 aliphatic heterocycles. The van der Waals surface area contributed by atoms with Crippen molar-refractivity contribution in [3.05, 3.63) is 70.5 Å². The predicted octanol–water partition coefficient (Wildman–Crippen LogP) is 2.33. The third-order valence-corrected chi connectivity index (χ3v) is 3.88. The van der Waals surface area contributed by atoms with E-state index in [0.717, 1.165) is 0 Å². The molecule has 4 aromatic rings. The fraction of sp³-hybridized carbons (Fsp3) is 0.118. The van der Waals surface area contributed by atoms with Crippen LogP contribution in [0.4, 0.5) is 4.39 Å². The van der Waals surface area contributed by atoms with Crippen LogP contribution in [0.1, 0.15) is 18.8 Å². The van der Waals surface area contributed by atoms with Gasteiger partial charge >= 0.3 is 0 Å². The molecule has 0 spiro atoms. The second kappa shape index (κ2) is 5.90. The lowest BCUT2D eigenvalue weighted by molar-refractivity contribution is 0.462. The first-order chi connectivity index (χ1) is 12.1. The maximum absolute atomic E-state index is 13.3. The van der Waals surface area contributed by atoms with E-state index in [1.807, 2.05) is 6.07 Å². The minimum absolute atomic E-state index is 0.224. The van der Waals surface area contributed by atoms with Gasteiger partial charge in [0, 0.05) is 5.56 Å². The summed E-state index contributed by atoms with van der Waals surface area (Å²) in [5.41, 5.74) is 0.898. The summed E-state index contributed by atoms with van der Waals surface area (Å²) in [6.45, 7) is 1.80. The van der Waals surface area contributed by atoms with Gasteiger partial charge in [0.15, 0.2) is 0 Å². The van der Waals surface area contributed by atoms with E-state index in [1.54, 1.807) is 37.3 Å². The highest BCUT2D eigenvalue weighted by Gasteiger charge is 2.16. The number of tetrazole rings is 1. The molecular weight excluding hydrogens is 323 g/mol. The van der Waals surface area contributed by atoms with Crippen LogP contribution in [0.15, 0.2) is 53.3 Å². The average molecular weight is 336 g/mol. The SMILES string of the molecule is CC(c1nc2ccccc2c(=O)[nH]1)n1nnc(-c2cccc(F)c2)n1. The molecule has 25 heavy (non-hydrogen) atoms. The van der Waals surface area contributed by atoms with Gasteiger partial charge in [0.1, 0.15) is 17.7 Å². The van der Waals surface area contributed by atoms with Gasteiger partial charge in [-0.2, -0.15) is 4.80 Å².